The van der Waals surface area contributed by atoms with Crippen LogP contribution < -0.4 is 0 Å². The minimum atomic E-state index is -0.181. The molecule has 3 nitrogen and oxygen atoms in total. The van der Waals surface area contributed by atoms with Crippen LogP contribution in [-0.2, 0) is 4.79 Å². The van der Waals surface area contributed by atoms with Crippen molar-refractivity contribution < 1.29 is 4.79 Å². The van der Waals surface area contributed by atoms with E-state index >= 15 is 0 Å². The molecular weight excluding hydrogens is 264 g/mol. The molecule has 0 aliphatic carbocycles. The topological polar surface area (TPSA) is 41.8 Å². The van der Waals surface area contributed by atoms with Crippen molar-refractivity contribution in [3.63, 3.8) is 0 Å². The van der Waals surface area contributed by atoms with Crippen molar-refractivity contribution in [3.05, 3.63) is 10.5 Å². The third-order valence-electron chi connectivity index (χ3n) is 3.41. The van der Waals surface area contributed by atoms with E-state index in [9.17, 15) is 4.79 Å². The van der Waals surface area contributed by atoms with Gasteiger partial charge in [-0.2, -0.15) is 4.99 Å². The van der Waals surface area contributed by atoms with Crippen LogP contribution in [-0.4, -0.2) is 22.4 Å². The lowest BCUT2D eigenvalue weighted by Crippen LogP contribution is -2.25. The van der Waals surface area contributed by atoms with Crippen LogP contribution in [0.5, 0.6) is 0 Å². The second kappa shape index (κ2) is 5.61. The van der Waals surface area contributed by atoms with E-state index in [1.807, 2.05) is 6.26 Å². The average molecular weight is 282 g/mol. The first-order chi connectivity index (χ1) is 8.56. The molecule has 0 saturated carbocycles. The standard InChI is InChI=1S/C13H18N2OS2/c1-5-7(2)6-9-8(3)18-12-10(9)11(16)14-13(15-12)17-4/h7,10H,5-6H2,1-4H3. The van der Waals surface area contributed by atoms with Crippen LogP contribution in [0.3, 0.4) is 0 Å². The van der Waals surface area contributed by atoms with Crippen molar-refractivity contribution in [2.75, 3.05) is 6.26 Å². The predicted octanol–water partition coefficient (Wildman–Crippen LogP) is 3.72. The van der Waals surface area contributed by atoms with E-state index in [0.717, 1.165) is 17.9 Å². The summed E-state index contributed by atoms with van der Waals surface area (Å²) in [4.78, 5) is 21.9. The first-order valence-electron chi connectivity index (χ1n) is 6.19. The zero-order valence-corrected chi connectivity index (χ0v) is 12.8. The van der Waals surface area contributed by atoms with Gasteiger partial charge in [0.25, 0.3) is 5.91 Å². The van der Waals surface area contributed by atoms with E-state index in [1.165, 1.54) is 22.2 Å². The fourth-order valence-electron chi connectivity index (χ4n) is 2.13. The number of carbonyl (C=O) groups is 1. The zero-order valence-electron chi connectivity index (χ0n) is 11.2. The highest BCUT2D eigenvalue weighted by molar-refractivity contribution is 8.18. The Kier molecular flexibility index (Phi) is 4.33. The van der Waals surface area contributed by atoms with Crippen LogP contribution in [0.4, 0.5) is 0 Å². The number of aliphatic imine (C=N–C) groups is 2. The number of fused-ring (bicyclic) bond motifs is 1. The molecule has 0 aromatic heterocycles. The molecule has 2 aliphatic rings. The van der Waals surface area contributed by atoms with E-state index in [0.29, 0.717) is 11.1 Å². The van der Waals surface area contributed by atoms with Crippen LogP contribution in [0, 0.1) is 11.8 Å². The maximum absolute atomic E-state index is 12.1. The number of hydrogen-bond donors (Lipinski definition) is 0. The SMILES string of the molecule is CCC(C)CC1=C(C)SC2=NC(SC)=NC(=O)C21. The van der Waals surface area contributed by atoms with E-state index in [2.05, 4.69) is 30.8 Å². The van der Waals surface area contributed by atoms with Crippen LogP contribution in [0.15, 0.2) is 20.5 Å². The Labute approximate surface area is 117 Å². The molecule has 0 aromatic rings. The summed E-state index contributed by atoms with van der Waals surface area (Å²) in [6.07, 6.45) is 4.01. The summed E-state index contributed by atoms with van der Waals surface area (Å²) < 4.78 is 0. The second-order valence-corrected chi connectivity index (χ2v) is 6.73. The van der Waals surface area contributed by atoms with Gasteiger partial charge in [0.1, 0.15) is 5.92 Å². The summed E-state index contributed by atoms with van der Waals surface area (Å²) in [5.74, 6) is 0.389. The molecule has 0 radical (unpaired) electrons. The lowest BCUT2D eigenvalue weighted by molar-refractivity contribution is -0.118. The molecule has 2 heterocycles. The fourth-order valence-corrected chi connectivity index (χ4v) is 3.69. The highest BCUT2D eigenvalue weighted by Crippen LogP contribution is 2.43. The fraction of sp³-hybridized carbons (Fsp3) is 0.615. The maximum atomic E-state index is 12.1. The number of amides is 1. The van der Waals surface area contributed by atoms with Crippen molar-refractivity contribution in [2.45, 2.75) is 33.6 Å². The van der Waals surface area contributed by atoms with Gasteiger partial charge in [-0.1, -0.05) is 43.8 Å². The van der Waals surface area contributed by atoms with Crippen molar-refractivity contribution in [1.82, 2.24) is 0 Å². The van der Waals surface area contributed by atoms with Gasteiger partial charge >= 0.3 is 0 Å². The molecule has 2 rings (SSSR count). The molecule has 2 aliphatic heterocycles. The largest absolute Gasteiger partial charge is 0.271 e. The number of rotatable bonds is 3. The number of thioether (sulfide) groups is 2. The molecule has 2 atom stereocenters. The van der Waals surface area contributed by atoms with Gasteiger partial charge in [-0.3, -0.25) is 4.79 Å². The van der Waals surface area contributed by atoms with Crippen molar-refractivity contribution in [2.24, 2.45) is 21.8 Å². The van der Waals surface area contributed by atoms with Crippen LogP contribution in [0.2, 0.25) is 0 Å². The minimum Gasteiger partial charge on any atom is -0.271 e. The molecular formula is C13H18N2OS2. The Morgan fingerprint density at radius 2 is 2.17 bits per heavy atom. The second-order valence-electron chi connectivity index (χ2n) is 4.72. The van der Waals surface area contributed by atoms with Crippen molar-refractivity contribution >= 4 is 39.6 Å². The number of carbonyl (C=O) groups excluding carboxylic acids is 1. The Morgan fingerprint density at radius 1 is 1.44 bits per heavy atom. The normalized spacial score (nSPS) is 24.9. The van der Waals surface area contributed by atoms with Crippen LogP contribution >= 0.6 is 23.5 Å². The third kappa shape index (κ3) is 2.57. The smallest absolute Gasteiger partial charge is 0.262 e. The van der Waals surface area contributed by atoms with E-state index < -0.39 is 0 Å². The quantitative estimate of drug-likeness (QED) is 0.792. The molecule has 0 fully saturated rings. The van der Waals surface area contributed by atoms with Crippen LogP contribution in [0.1, 0.15) is 33.6 Å². The van der Waals surface area contributed by atoms with Gasteiger partial charge in [-0.15, -0.1) is 0 Å². The Hall–Kier alpha value is -0.550. The third-order valence-corrected chi connectivity index (χ3v) is 5.06. The highest BCUT2D eigenvalue weighted by Gasteiger charge is 2.38. The van der Waals surface area contributed by atoms with Gasteiger partial charge < -0.3 is 0 Å². The molecule has 0 spiro atoms. The van der Waals surface area contributed by atoms with Gasteiger partial charge in [0.05, 0.1) is 5.04 Å². The molecule has 0 saturated heterocycles. The zero-order chi connectivity index (χ0) is 13.3. The lowest BCUT2D eigenvalue weighted by atomic mass is 9.89. The van der Waals surface area contributed by atoms with Crippen molar-refractivity contribution in [1.29, 1.82) is 0 Å². The first kappa shape index (κ1) is 13.9. The van der Waals surface area contributed by atoms with Gasteiger partial charge in [-0.25, -0.2) is 4.99 Å². The van der Waals surface area contributed by atoms with E-state index in [1.54, 1.807) is 11.8 Å². The maximum Gasteiger partial charge on any atom is 0.262 e. The average Bonchev–Trinajstić information content (AvgIpc) is 2.65. The van der Waals surface area contributed by atoms with E-state index in [4.69, 9.17) is 0 Å². The van der Waals surface area contributed by atoms with Crippen LogP contribution in [0.25, 0.3) is 0 Å². The molecule has 2 unspecified atom stereocenters. The molecule has 1 amide bonds. The number of amidine groups is 1. The predicted molar refractivity (Wildman–Crippen MR) is 81.2 cm³/mol. The van der Waals surface area contributed by atoms with Gasteiger partial charge in [0.15, 0.2) is 5.17 Å². The monoisotopic (exact) mass is 282 g/mol. The van der Waals surface area contributed by atoms with Gasteiger partial charge in [0.2, 0.25) is 0 Å². The minimum absolute atomic E-state index is 0.0352. The highest BCUT2D eigenvalue weighted by atomic mass is 32.2. The molecule has 0 N–H and O–H groups in total. The molecule has 0 bridgehead atoms. The lowest BCUT2D eigenvalue weighted by Gasteiger charge is -2.18. The summed E-state index contributed by atoms with van der Waals surface area (Å²) in [5, 5.41) is 1.52. The van der Waals surface area contributed by atoms with E-state index in [-0.39, 0.29) is 11.8 Å². The van der Waals surface area contributed by atoms with Gasteiger partial charge in [-0.05, 0) is 36.0 Å². The Balaban J connectivity index is 2.25. The first-order valence-corrected chi connectivity index (χ1v) is 8.23. The summed E-state index contributed by atoms with van der Waals surface area (Å²) in [6, 6.07) is 0. The Morgan fingerprint density at radius 3 is 2.78 bits per heavy atom. The number of allylic oxidation sites excluding steroid dienone is 1. The van der Waals surface area contributed by atoms with Crippen molar-refractivity contribution in [3.8, 4) is 0 Å². The molecule has 0 aromatic carbocycles. The molecule has 98 valence electrons. The Bertz CT molecular complexity index is 466. The summed E-state index contributed by atoms with van der Waals surface area (Å²) in [5.41, 5.74) is 1.24. The number of nitrogens with zero attached hydrogens (tertiary/aromatic N) is 2. The summed E-state index contributed by atoms with van der Waals surface area (Å²) >= 11 is 3.08. The number of hydrogen-bond acceptors (Lipinski definition) is 4. The molecule has 5 heteroatoms. The summed E-state index contributed by atoms with van der Waals surface area (Å²) in [6.45, 7) is 6.50. The molecule has 18 heavy (non-hydrogen) atoms. The summed E-state index contributed by atoms with van der Waals surface area (Å²) in [7, 11) is 0. The van der Waals surface area contributed by atoms with Gasteiger partial charge in [0, 0.05) is 0 Å².